The van der Waals surface area contributed by atoms with Gasteiger partial charge < -0.3 is 20.1 Å². The van der Waals surface area contributed by atoms with Gasteiger partial charge in [0, 0.05) is 12.5 Å². The Balaban J connectivity index is 1.45. The van der Waals surface area contributed by atoms with Crippen molar-refractivity contribution >= 4 is 17.4 Å². The first kappa shape index (κ1) is 22.9. The molecule has 2 aliphatic heterocycles. The Labute approximate surface area is 193 Å². The van der Waals surface area contributed by atoms with E-state index < -0.39 is 53.7 Å². The minimum Gasteiger partial charge on any atom is -0.454 e. The number of nitrogens with zero attached hydrogens (tertiary/aromatic N) is 2. The van der Waals surface area contributed by atoms with Crippen LogP contribution in [0.3, 0.4) is 0 Å². The zero-order valence-corrected chi connectivity index (χ0v) is 17.6. The third-order valence-electron chi connectivity index (χ3n) is 5.70. The van der Waals surface area contributed by atoms with Crippen LogP contribution in [0.1, 0.15) is 40.1 Å². The summed E-state index contributed by atoms with van der Waals surface area (Å²) in [5.41, 5.74) is -1.59. The molecule has 35 heavy (non-hydrogen) atoms. The molecule has 2 N–H and O–H groups in total. The Kier molecular flexibility index (Phi) is 5.29. The lowest BCUT2D eigenvalue weighted by Gasteiger charge is -2.33. The smallest absolute Gasteiger partial charge is 0.418 e. The average molecular weight is 498 g/mol. The number of halogens is 6. The van der Waals surface area contributed by atoms with Crippen LogP contribution in [0.25, 0.3) is 0 Å². The van der Waals surface area contributed by atoms with Crippen LogP contribution in [0.5, 0.6) is 11.5 Å². The zero-order valence-electron chi connectivity index (χ0n) is 17.6. The molecule has 2 atom stereocenters. The SMILES string of the molecule is O=C(Nc1ccccc1C(F)(F)F)c1cc2n(n1)C(C(F)(F)F)CC(c1ccc3c(c1)OCO3)N2. The van der Waals surface area contributed by atoms with Crippen molar-refractivity contribution in [1.82, 2.24) is 9.78 Å². The zero-order chi connectivity index (χ0) is 25.0. The van der Waals surface area contributed by atoms with E-state index in [0.29, 0.717) is 21.7 Å². The molecule has 0 spiro atoms. The number of carbonyl (C=O) groups excluding carboxylic acids is 1. The molecule has 13 heteroatoms. The maximum absolute atomic E-state index is 13.9. The maximum atomic E-state index is 13.9. The molecule has 0 fully saturated rings. The van der Waals surface area contributed by atoms with Crippen molar-refractivity contribution < 1.29 is 40.6 Å². The van der Waals surface area contributed by atoms with Gasteiger partial charge in [-0.15, -0.1) is 0 Å². The molecule has 3 aromatic rings. The topological polar surface area (TPSA) is 77.4 Å². The van der Waals surface area contributed by atoms with Crippen molar-refractivity contribution in [3.05, 3.63) is 65.4 Å². The van der Waals surface area contributed by atoms with E-state index in [-0.39, 0.29) is 12.6 Å². The van der Waals surface area contributed by atoms with Gasteiger partial charge in [0.05, 0.1) is 17.3 Å². The van der Waals surface area contributed by atoms with E-state index in [1.807, 2.05) is 0 Å². The molecule has 0 saturated carbocycles. The molecule has 1 aromatic heterocycles. The van der Waals surface area contributed by atoms with E-state index in [0.717, 1.165) is 24.3 Å². The number of amides is 1. The van der Waals surface area contributed by atoms with Gasteiger partial charge in [0.25, 0.3) is 5.91 Å². The molecule has 1 amide bonds. The predicted molar refractivity (Wildman–Crippen MR) is 110 cm³/mol. The second-order valence-electron chi connectivity index (χ2n) is 7.96. The fourth-order valence-electron chi connectivity index (χ4n) is 4.06. The van der Waals surface area contributed by atoms with Gasteiger partial charge in [-0.1, -0.05) is 18.2 Å². The fraction of sp³-hybridized carbons (Fsp3) is 0.273. The number of anilines is 2. The van der Waals surface area contributed by atoms with Crippen LogP contribution in [0.15, 0.2) is 48.5 Å². The number of benzene rings is 2. The van der Waals surface area contributed by atoms with Gasteiger partial charge in [-0.05, 0) is 29.8 Å². The monoisotopic (exact) mass is 498 g/mol. The number of aromatic nitrogens is 2. The van der Waals surface area contributed by atoms with Crippen molar-refractivity contribution in [1.29, 1.82) is 0 Å². The second kappa shape index (κ2) is 8.10. The summed E-state index contributed by atoms with van der Waals surface area (Å²) >= 11 is 0. The molecule has 2 unspecified atom stereocenters. The largest absolute Gasteiger partial charge is 0.454 e. The first-order valence-electron chi connectivity index (χ1n) is 10.3. The number of alkyl halides is 6. The van der Waals surface area contributed by atoms with Crippen LogP contribution in [0, 0.1) is 0 Å². The molecule has 2 aromatic carbocycles. The van der Waals surface area contributed by atoms with E-state index in [9.17, 15) is 31.1 Å². The molecule has 0 aliphatic carbocycles. The van der Waals surface area contributed by atoms with Crippen molar-refractivity contribution in [3.8, 4) is 11.5 Å². The maximum Gasteiger partial charge on any atom is 0.418 e. The molecule has 7 nitrogen and oxygen atoms in total. The lowest BCUT2D eigenvalue weighted by atomic mass is 9.96. The van der Waals surface area contributed by atoms with Gasteiger partial charge in [-0.2, -0.15) is 31.4 Å². The molecule has 184 valence electrons. The summed E-state index contributed by atoms with van der Waals surface area (Å²) in [5, 5.41) is 8.79. The lowest BCUT2D eigenvalue weighted by molar-refractivity contribution is -0.173. The highest BCUT2D eigenvalue weighted by molar-refractivity contribution is 6.03. The van der Waals surface area contributed by atoms with Gasteiger partial charge in [-0.3, -0.25) is 4.79 Å². The number of nitrogens with one attached hydrogen (secondary N) is 2. The summed E-state index contributed by atoms with van der Waals surface area (Å²) < 4.78 is 92.6. The fourth-order valence-corrected chi connectivity index (χ4v) is 4.06. The van der Waals surface area contributed by atoms with Crippen molar-refractivity contribution in [2.45, 2.75) is 30.9 Å². The van der Waals surface area contributed by atoms with Crippen LogP contribution in [-0.4, -0.2) is 28.7 Å². The van der Waals surface area contributed by atoms with Crippen LogP contribution in [0.4, 0.5) is 37.8 Å². The van der Waals surface area contributed by atoms with Crippen LogP contribution < -0.4 is 20.1 Å². The number of hydrogen-bond donors (Lipinski definition) is 2. The highest BCUT2D eigenvalue weighted by atomic mass is 19.4. The molecule has 5 rings (SSSR count). The number of carbonyl (C=O) groups is 1. The minimum absolute atomic E-state index is 0.00473. The molecular weight excluding hydrogens is 482 g/mol. The first-order valence-corrected chi connectivity index (χ1v) is 10.3. The number of ether oxygens (including phenoxy) is 2. The minimum atomic E-state index is -4.74. The number of rotatable bonds is 3. The third kappa shape index (κ3) is 4.33. The van der Waals surface area contributed by atoms with Crippen molar-refractivity contribution in [2.24, 2.45) is 0 Å². The van der Waals surface area contributed by atoms with Crippen molar-refractivity contribution in [2.75, 3.05) is 17.4 Å². The Bertz CT molecular complexity index is 1290. The predicted octanol–water partition coefficient (Wildman–Crippen LogP) is 5.54. The third-order valence-corrected chi connectivity index (χ3v) is 5.70. The van der Waals surface area contributed by atoms with Gasteiger partial charge in [0.2, 0.25) is 6.79 Å². The molecule has 2 aliphatic rings. The van der Waals surface area contributed by atoms with Gasteiger partial charge in [0.1, 0.15) is 5.82 Å². The average Bonchev–Trinajstić information content (AvgIpc) is 3.43. The molecular formula is C22H16F6N4O3. The van der Waals surface area contributed by atoms with Crippen LogP contribution in [0.2, 0.25) is 0 Å². The highest BCUT2D eigenvalue weighted by Gasteiger charge is 2.47. The summed E-state index contributed by atoms with van der Waals surface area (Å²) in [6, 6.07) is 7.23. The van der Waals surface area contributed by atoms with Gasteiger partial charge in [-0.25, -0.2) is 4.68 Å². The Hall–Kier alpha value is -3.90. The number of fused-ring (bicyclic) bond motifs is 2. The number of para-hydroxylation sites is 1. The summed E-state index contributed by atoms with van der Waals surface area (Å²) in [4.78, 5) is 12.7. The lowest BCUT2D eigenvalue weighted by Crippen LogP contribution is -2.35. The van der Waals surface area contributed by atoms with E-state index >= 15 is 0 Å². The number of hydrogen-bond acceptors (Lipinski definition) is 5. The molecule has 0 radical (unpaired) electrons. The molecule has 0 saturated heterocycles. The molecule has 0 bridgehead atoms. The summed E-state index contributed by atoms with van der Waals surface area (Å²) in [7, 11) is 0. The Morgan fingerprint density at radius 2 is 1.77 bits per heavy atom. The first-order chi connectivity index (χ1) is 16.5. The highest BCUT2D eigenvalue weighted by Crippen LogP contribution is 2.45. The Morgan fingerprint density at radius 3 is 2.51 bits per heavy atom. The quantitative estimate of drug-likeness (QED) is 0.464. The van der Waals surface area contributed by atoms with E-state index in [2.05, 4.69) is 15.7 Å². The summed E-state index contributed by atoms with van der Waals surface area (Å²) in [5.74, 6) is -0.308. The van der Waals surface area contributed by atoms with Crippen LogP contribution >= 0.6 is 0 Å². The molecule has 3 heterocycles. The standard InChI is InChI=1S/C22H16F6N4O3/c23-21(24,25)12-3-1-2-4-13(12)30-20(33)15-9-19-29-14(8-18(22(26,27)28)32(19)31-15)11-5-6-16-17(7-11)35-10-34-16/h1-7,9,14,18,29H,8,10H2,(H,30,33). The Morgan fingerprint density at radius 1 is 1.03 bits per heavy atom. The van der Waals surface area contributed by atoms with E-state index in [4.69, 9.17) is 9.47 Å². The second-order valence-corrected chi connectivity index (χ2v) is 7.96. The summed E-state index contributed by atoms with van der Waals surface area (Å²) in [6.45, 7) is 0.00473. The van der Waals surface area contributed by atoms with Gasteiger partial charge in [0.15, 0.2) is 23.2 Å². The summed E-state index contributed by atoms with van der Waals surface area (Å²) in [6.07, 6.45) is -9.87. The van der Waals surface area contributed by atoms with Gasteiger partial charge >= 0.3 is 12.4 Å². The van der Waals surface area contributed by atoms with E-state index in [1.165, 1.54) is 6.07 Å². The van der Waals surface area contributed by atoms with Crippen LogP contribution in [-0.2, 0) is 6.18 Å². The van der Waals surface area contributed by atoms with Crippen molar-refractivity contribution in [3.63, 3.8) is 0 Å². The van der Waals surface area contributed by atoms with E-state index in [1.54, 1.807) is 18.2 Å². The normalized spacial score (nSPS) is 19.1.